The molecule has 134 valence electrons. The summed E-state index contributed by atoms with van der Waals surface area (Å²) < 4.78 is 13.1. The van der Waals surface area contributed by atoms with Gasteiger partial charge in [-0.1, -0.05) is 42.5 Å². The molecule has 1 atom stereocenters. The van der Waals surface area contributed by atoms with Crippen molar-refractivity contribution in [3.8, 4) is 17.1 Å². The number of methoxy groups -OCH3 is 1. The van der Waals surface area contributed by atoms with Crippen LogP contribution in [0.2, 0.25) is 0 Å². The van der Waals surface area contributed by atoms with Crippen LogP contribution in [0.4, 0.5) is 0 Å². The number of hydrogen-bond donors (Lipinski definition) is 1. The molecule has 1 aromatic heterocycles. The third-order valence-corrected chi connectivity index (χ3v) is 4.44. The zero-order valence-corrected chi connectivity index (χ0v) is 14.8. The Bertz CT molecular complexity index is 840. The fraction of sp³-hybridized carbons (Fsp3) is 0.300. The molecule has 0 spiro atoms. The van der Waals surface area contributed by atoms with E-state index >= 15 is 0 Å². The maximum atomic E-state index is 5.92. The molecule has 1 unspecified atom stereocenters. The van der Waals surface area contributed by atoms with E-state index in [1.54, 1.807) is 7.11 Å². The second-order valence-corrected chi connectivity index (χ2v) is 6.23. The van der Waals surface area contributed by atoms with Crippen molar-refractivity contribution in [2.45, 2.75) is 12.6 Å². The van der Waals surface area contributed by atoms with Gasteiger partial charge in [-0.25, -0.2) is 9.67 Å². The predicted octanol–water partition coefficient (Wildman–Crippen LogP) is 2.66. The van der Waals surface area contributed by atoms with Crippen LogP contribution in [0.5, 0.6) is 5.75 Å². The zero-order chi connectivity index (χ0) is 17.8. The Kier molecular flexibility index (Phi) is 4.95. The molecular formula is C20H22N4O2. The normalized spacial score (nSPS) is 17.2. The van der Waals surface area contributed by atoms with Gasteiger partial charge in [-0.05, 0) is 17.7 Å². The Morgan fingerprint density at radius 3 is 2.65 bits per heavy atom. The van der Waals surface area contributed by atoms with E-state index in [2.05, 4.69) is 5.32 Å². The van der Waals surface area contributed by atoms with Gasteiger partial charge in [0.25, 0.3) is 0 Å². The van der Waals surface area contributed by atoms with E-state index in [4.69, 9.17) is 19.6 Å². The summed E-state index contributed by atoms with van der Waals surface area (Å²) >= 11 is 0. The summed E-state index contributed by atoms with van der Waals surface area (Å²) in [6.07, 6.45) is -0.0908. The molecule has 0 bridgehead atoms. The van der Waals surface area contributed by atoms with Gasteiger partial charge in [-0.15, -0.1) is 0 Å². The van der Waals surface area contributed by atoms with Gasteiger partial charge in [0.05, 0.1) is 20.3 Å². The van der Waals surface area contributed by atoms with E-state index in [1.807, 2.05) is 59.3 Å². The topological polar surface area (TPSA) is 61.2 Å². The van der Waals surface area contributed by atoms with Crippen molar-refractivity contribution in [1.29, 1.82) is 0 Å². The van der Waals surface area contributed by atoms with E-state index < -0.39 is 0 Å². The molecule has 2 heterocycles. The number of benzene rings is 2. The van der Waals surface area contributed by atoms with Gasteiger partial charge < -0.3 is 14.8 Å². The highest BCUT2D eigenvalue weighted by atomic mass is 16.5. The molecule has 0 aliphatic carbocycles. The molecule has 0 saturated carbocycles. The molecule has 1 fully saturated rings. The smallest absolute Gasteiger partial charge is 0.181 e. The molecule has 1 aliphatic rings. The standard InChI is InChI=1S/C20H22N4O2/c1-25-17-9-7-15(8-10-17)14-24-20(18-13-21-11-12-26-18)22-19(23-24)16-5-3-2-4-6-16/h2-10,18,21H,11-14H2,1H3. The third-order valence-electron chi connectivity index (χ3n) is 4.44. The fourth-order valence-corrected chi connectivity index (χ4v) is 3.05. The number of hydrogen-bond acceptors (Lipinski definition) is 5. The molecule has 6 heteroatoms. The Labute approximate surface area is 152 Å². The minimum atomic E-state index is -0.0908. The summed E-state index contributed by atoms with van der Waals surface area (Å²) in [5, 5.41) is 8.13. The van der Waals surface area contributed by atoms with Crippen LogP contribution in [0.25, 0.3) is 11.4 Å². The Morgan fingerprint density at radius 2 is 1.96 bits per heavy atom. The largest absolute Gasteiger partial charge is 0.497 e. The van der Waals surface area contributed by atoms with Gasteiger partial charge in [0.15, 0.2) is 11.6 Å². The molecule has 2 aromatic carbocycles. The first kappa shape index (κ1) is 16.8. The number of rotatable bonds is 5. The quantitative estimate of drug-likeness (QED) is 0.767. The molecule has 1 N–H and O–H groups in total. The van der Waals surface area contributed by atoms with Crippen LogP contribution in [0.3, 0.4) is 0 Å². The number of aromatic nitrogens is 3. The SMILES string of the molecule is COc1ccc(Cn2nc(-c3ccccc3)nc2C2CNCCO2)cc1. The minimum absolute atomic E-state index is 0.0908. The minimum Gasteiger partial charge on any atom is -0.497 e. The first-order chi connectivity index (χ1) is 12.8. The van der Waals surface area contributed by atoms with Crippen molar-refractivity contribution in [2.24, 2.45) is 0 Å². The van der Waals surface area contributed by atoms with E-state index in [0.717, 1.165) is 41.6 Å². The highest BCUT2D eigenvalue weighted by Gasteiger charge is 2.23. The van der Waals surface area contributed by atoms with Crippen molar-refractivity contribution in [2.75, 3.05) is 26.8 Å². The number of ether oxygens (including phenoxy) is 2. The lowest BCUT2D eigenvalue weighted by molar-refractivity contribution is 0.0196. The van der Waals surface area contributed by atoms with Gasteiger partial charge in [0.2, 0.25) is 0 Å². The summed E-state index contributed by atoms with van der Waals surface area (Å²) in [6.45, 7) is 2.93. The molecule has 4 rings (SSSR count). The third kappa shape index (κ3) is 3.61. The lowest BCUT2D eigenvalue weighted by atomic mass is 10.2. The lowest BCUT2D eigenvalue weighted by Gasteiger charge is -2.23. The van der Waals surface area contributed by atoms with Gasteiger partial charge in [-0.3, -0.25) is 0 Å². The van der Waals surface area contributed by atoms with Gasteiger partial charge in [0.1, 0.15) is 11.9 Å². The van der Waals surface area contributed by atoms with Crippen LogP contribution < -0.4 is 10.1 Å². The van der Waals surface area contributed by atoms with Crippen molar-refractivity contribution < 1.29 is 9.47 Å². The summed E-state index contributed by atoms with van der Waals surface area (Å²) in [5.74, 6) is 2.42. The Balaban J connectivity index is 1.67. The predicted molar refractivity (Wildman–Crippen MR) is 99.1 cm³/mol. The van der Waals surface area contributed by atoms with Crippen molar-refractivity contribution in [3.05, 3.63) is 66.0 Å². The second kappa shape index (κ2) is 7.68. The van der Waals surface area contributed by atoms with E-state index in [9.17, 15) is 0 Å². The van der Waals surface area contributed by atoms with E-state index in [0.29, 0.717) is 13.2 Å². The first-order valence-electron chi connectivity index (χ1n) is 8.79. The monoisotopic (exact) mass is 350 g/mol. The van der Waals surface area contributed by atoms with Gasteiger partial charge >= 0.3 is 0 Å². The van der Waals surface area contributed by atoms with Gasteiger partial charge in [-0.2, -0.15) is 5.10 Å². The molecule has 1 aliphatic heterocycles. The summed E-state index contributed by atoms with van der Waals surface area (Å²) in [5.41, 5.74) is 2.14. The molecular weight excluding hydrogens is 328 g/mol. The molecule has 6 nitrogen and oxygen atoms in total. The highest BCUT2D eigenvalue weighted by molar-refractivity contribution is 5.54. The zero-order valence-electron chi connectivity index (χ0n) is 14.8. The van der Waals surface area contributed by atoms with Gasteiger partial charge in [0, 0.05) is 18.7 Å². The number of nitrogens with one attached hydrogen (secondary N) is 1. The van der Waals surface area contributed by atoms with Crippen LogP contribution in [0.1, 0.15) is 17.5 Å². The lowest BCUT2D eigenvalue weighted by Crippen LogP contribution is -2.34. The fourth-order valence-electron chi connectivity index (χ4n) is 3.05. The number of nitrogens with zero attached hydrogens (tertiary/aromatic N) is 3. The number of morpholine rings is 1. The summed E-state index contributed by atoms with van der Waals surface area (Å²) in [7, 11) is 1.67. The highest BCUT2D eigenvalue weighted by Crippen LogP contribution is 2.23. The van der Waals surface area contributed by atoms with Crippen LogP contribution in [0, 0.1) is 0 Å². The van der Waals surface area contributed by atoms with Crippen LogP contribution in [-0.2, 0) is 11.3 Å². The molecule has 1 saturated heterocycles. The molecule has 3 aromatic rings. The Morgan fingerprint density at radius 1 is 1.15 bits per heavy atom. The van der Waals surface area contributed by atoms with Crippen molar-refractivity contribution >= 4 is 0 Å². The average Bonchev–Trinajstić information content (AvgIpc) is 3.14. The van der Waals surface area contributed by atoms with Crippen molar-refractivity contribution in [1.82, 2.24) is 20.1 Å². The van der Waals surface area contributed by atoms with Crippen LogP contribution in [0.15, 0.2) is 54.6 Å². The van der Waals surface area contributed by atoms with E-state index in [1.165, 1.54) is 0 Å². The first-order valence-corrected chi connectivity index (χ1v) is 8.79. The van der Waals surface area contributed by atoms with Crippen LogP contribution in [-0.4, -0.2) is 41.6 Å². The van der Waals surface area contributed by atoms with Crippen LogP contribution >= 0.6 is 0 Å². The summed E-state index contributed by atoms with van der Waals surface area (Å²) in [4.78, 5) is 4.80. The molecule has 0 radical (unpaired) electrons. The second-order valence-electron chi connectivity index (χ2n) is 6.23. The summed E-state index contributed by atoms with van der Waals surface area (Å²) in [6, 6.07) is 18.1. The molecule has 0 amide bonds. The average molecular weight is 350 g/mol. The Hall–Kier alpha value is -2.70. The maximum absolute atomic E-state index is 5.92. The van der Waals surface area contributed by atoms with E-state index in [-0.39, 0.29) is 6.10 Å². The van der Waals surface area contributed by atoms with Crippen molar-refractivity contribution in [3.63, 3.8) is 0 Å². The molecule has 26 heavy (non-hydrogen) atoms. The maximum Gasteiger partial charge on any atom is 0.181 e.